The third-order valence-corrected chi connectivity index (χ3v) is 1.50. The van der Waals surface area contributed by atoms with E-state index in [0.29, 0.717) is 0 Å². The minimum Gasteiger partial charge on any atom is -0.204 e. The van der Waals surface area contributed by atoms with Gasteiger partial charge < -0.3 is 0 Å². The highest BCUT2D eigenvalue weighted by molar-refractivity contribution is 5.41. The van der Waals surface area contributed by atoms with Gasteiger partial charge in [-0.3, -0.25) is 0 Å². The predicted molar refractivity (Wildman–Crippen MR) is 39.0 cm³/mol. The molecule has 12 heavy (non-hydrogen) atoms. The van der Waals surface area contributed by atoms with Crippen LogP contribution >= 0.6 is 0 Å². The molecule has 0 aliphatic rings. The second-order valence-corrected chi connectivity index (χ2v) is 2.32. The number of halogens is 3. The molecule has 1 aromatic carbocycles. The van der Waals surface area contributed by atoms with E-state index in [9.17, 15) is 13.2 Å². The summed E-state index contributed by atoms with van der Waals surface area (Å²) in [7, 11) is 0. The van der Waals surface area contributed by atoms with Crippen LogP contribution in [0.15, 0.2) is 6.07 Å². The smallest absolute Gasteiger partial charge is 0.195 e. The van der Waals surface area contributed by atoms with E-state index in [1.165, 1.54) is 6.92 Å². The van der Waals surface area contributed by atoms with Gasteiger partial charge in [-0.05, 0) is 18.6 Å². The van der Waals surface area contributed by atoms with Gasteiger partial charge in [0.05, 0.1) is 5.56 Å². The second kappa shape index (κ2) is 2.90. The summed E-state index contributed by atoms with van der Waals surface area (Å²) < 4.78 is 37.8. The molecule has 1 rings (SSSR count). The molecule has 0 unspecified atom stereocenters. The molecule has 0 N–H and O–H groups in total. The van der Waals surface area contributed by atoms with Gasteiger partial charge in [0.15, 0.2) is 17.5 Å². The lowest BCUT2D eigenvalue weighted by Crippen LogP contribution is -1.97. The standard InChI is InChI=1S/C9H5F3/c1-3-6-5(2)4-7(10)9(12)8(6)11/h1,4H,2H3. The van der Waals surface area contributed by atoms with Crippen molar-refractivity contribution in [3.05, 3.63) is 34.6 Å². The molecule has 0 amide bonds. The molecular formula is C9H5F3. The van der Waals surface area contributed by atoms with Crippen LogP contribution in [0.1, 0.15) is 11.1 Å². The van der Waals surface area contributed by atoms with Crippen LogP contribution in [0.2, 0.25) is 0 Å². The van der Waals surface area contributed by atoms with Crippen molar-refractivity contribution in [1.82, 2.24) is 0 Å². The Bertz CT molecular complexity index is 361. The first kappa shape index (κ1) is 8.66. The molecule has 0 aliphatic heterocycles. The van der Waals surface area contributed by atoms with Gasteiger partial charge in [0.1, 0.15) is 0 Å². The lowest BCUT2D eigenvalue weighted by molar-refractivity contribution is 0.444. The zero-order valence-electron chi connectivity index (χ0n) is 6.29. The van der Waals surface area contributed by atoms with Gasteiger partial charge in [0, 0.05) is 0 Å². The van der Waals surface area contributed by atoms with Crippen LogP contribution in [0.25, 0.3) is 0 Å². The zero-order chi connectivity index (χ0) is 9.30. The predicted octanol–water partition coefficient (Wildman–Crippen LogP) is 2.39. The Morgan fingerprint density at radius 3 is 2.33 bits per heavy atom. The number of benzene rings is 1. The van der Waals surface area contributed by atoms with Crippen LogP contribution in [0.4, 0.5) is 13.2 Å². The third-order valence-electron chi connectivity index (χ3n) is 1.50. The van der Waals surface area contributed by atoms with E-state index in [0.717, 1.165) is 6.07 Å². The lowest BCUT2D eigenvalue weighted by Gasteiger charge is -2.01. The maximum absolute atomic E-state index is 12.8. The van der Waals surface area contributed by atoms with Crippen molar-refractivity contribution < 1.29 is 13.2 Å². The summed E-state index contributed by atoms with van der Waals surface area (Å²) in [6, 6.07) is 0.869. The highest BCUT2D eigenvalue weighted by atomic mass is 19.2. The van der Waals surface area contributed by atoms with Crippen molar-refractivity contribution in [2.75, 3.05) is 0 Å². The Morgan fingerprint density at radius 1 is 1.25 bits per heavy atom. The van der Waals surface area contributed by atoms with E-state index in [-0.39, 0.29) is 11.1 Å². The Labute approximate surface area is 68.0 Å². The van der Waals surface area contributed by atoms with Crippen molar-refractivity contribution >= 4 is 0 Å². The monoisotopic (exact) mass is 170 g/mol. The Morgan fingerprint density at radius 2 is 1.83 bits per heavy atom. The maximum Gasteiger partial charge on any atom is 0.195 e. The van der Waals surface area contributed by atoms with Crippen molar-refractivity contribution in [1.29, 1.82) is 0 Å². The van der Waals surface area contributed by atoms with Gasteiger partial charge in [0.2, 0.25) is 0 Å². The molecule has 0 aliphatic carbocycles. The minimum absolute atomic E-state index is 0.217. The number of rotatable bonds is 0. The van der Waals surface area contributed by atoms with Crippen molar-refractivity contribution in [3.8, 4) is 12.3 Å². The Hall–Kier alpha value is -1.43. The number of hydrogen-bond donors (Lipinski definition) is 0. The largest absolute Gasteiger partial charge is 0.204 e. The van der Waals surface area contributed by atoms with Gasteiger partial charge in [-0.25, -0.2) is 13.2 Å². The molecule has 0 bridgehead atoms. The average molecular weight is 170 g/mol. The first-order valence-corrected chi connectivity index (χ1v) is 3.18. The molecule has 0 nitrogen and oxygen atoms in total. The van der Waals surface area contributed by atoms with Gasteiger partial charge in [-0.1, -0.05) is 5.92 Å². The molecule has 0 spiro atoms. The molecule has 0 saturated carbocycles. The summed E-state index contributed by atoms with van der Waals surface area (Å²) in [4.78, 5) is 0. The van der Waals surface area contributed by atoms with Crippen LogP contribution in [0.5, 0.6) is 0 Å². The highest BCUT2D eigenvalue weighted by Crippen LogP contribution is 2.18. The number of aryl methyl sites for hydroxylation is 1. The van der Waals surface area contributed by atoms with Crippen molar-refractivity contribution in [2.45, 2.75) is 6.92 Å². The fourth-order valence-electron chi connectivity index (χ4n) is 0.891. The summed E-state index contributed by atoms with van der Waals surface area (Å²) >= 11 is 0. The van der Waals surface area contributed by atoms with E-state index in [2.05, 4.69) is 0 Å². The fraction of sp³-hybridized carbons (Fsp3) is 0.111. The van der Waals surface area contributed by atoms with Crippen molar-refractivity contribution in [2.24, 2.45) is 0 Å². The summed E-state index contributed by atoms with van der Waals surface area (Å²) in [5.74, 6) is -2.08. The van der Waals surface area contributed by atoms with Gasteiger partial charge in [0.25, 0.3) is 0 Å². The summed E-state index contributed by atoms with van der Waals surface area (Å²) in [5, 5.41) is 0. The van der Waals surface area contributed by atoms with Crippen LogP contribution < -0.4 is 0 Å². The van der Waals surface area contributed by atoms with Crippen LogP contribution in [-0.4, -0.2) is 0 Å². The molecule has 0 heterocycles. The van der Waals surface area contributed by atoms with E-state index in [4.69, 9.17) is 6.42 Å². The third kappa shape index (κ3) is 1.16. The van der Waals surface area contributed by atoms with Crippen LogP contribution in [-0.2, 0) is 0 Å². The maximum atomic E-state index is 12.8. The Balaban J connectivity index is 3.54. The van der Waals surface area contributed by atoms with Crippen LogP contribution in [0, 0.1) is 36.7 Å². The van der Waals surface area contributed by atoms with E-state index < -0.39 is 17.5 Å². The number of hydrogen-bond acceptors (Lipinski definition) is 0. The fourth-order valence-corrected chi connectivity index (χ4v) is 0.891. The molecular weight excluding hydrogens is 165 g/mol. The average Bonchev–Trinajstić information content (AvgIpc) is 2.01. The van der Waals surface area contributed by atoms with Gasteiger partial charge >= 0.3 is 0 Å². The molecule has 0 atom stereocenters. The van der Waals surface area contributed by atoms with Gasteiger partial charge in [-0.15, -0.1) is 6.42 Å². The molecule has 1 aromatic rings. The summed E-state index contributed by atoms with van der Waals surface area (Å²) in [6.07, 6.45) is 4.89. The molecule has 0 aromatic heterocycles. The highest BCUT2D eigenvalue weighted by Gasteiger charge is 2.14. The zero-order valence-corrected chi connectivity index (χ0v) is 6.29. The minimum atomic E-state index is -1.52. The molecule has 0 radical (unpaired) electrons. The molecule has 3 heteroatoms. The van der Waals surface area contributed by atoms with Crippen LogP contribution in [0.3, 0.4) is 0 Å². The normalized spacial score (nSPS) is 9.58. The SMILES string of the molecule is C#Cc1c(C)cc(F)c(F)c1F. The summed E-state index contributed by atoms with van der Waals surface area (Å²) in [5.41, 5.74) is -0.0113. The van der Waals surface area contributed by atoms with E-state index in [1.807, 2.05) is 5.92 Å². The number of terminal acetylenes is 1. The quantitative estimate of drug-likeness (QED) is 0.414. The van der Waals surface area contributed by atoms with Gasteiger partial charge in [-0.2, -0.15) is 0 Å². The van der Waals surface area contributed by atoms with Crippen molar-refractivity contribution in [3.63, 3.8) is 0 Å². The first-order valence-electron chi connectivity index (χ1n) is 3.18. The van der Waals surface area contributed by atoms with E-state index in [1.54, 1.807) is 0 Å². The Kier molecular flexibility index (Phi) is 2.09. The second-order valence-electron chi connectivity index (χ2n) is 2.32. The molecule has 0 saturated heterocycles. The first-order chi connectivity index (χ1) is 5.57. The van der Waals surface area contributed by atoms with E-state index >= 15 is 0 Å². The topological polar surface area (TPSA) is 0 Å². The lowest BCUT2D eigenvalue weighted by atomic mass is 10.1. The molecule has 0 fully saturated rings. The summed E-state index contributed by atoms with van der Waals surface area (Å²) in [6.45, 7) is 1.42. The molecule has 62 valence electrons.